The third-order valence-electron chi connectivity index (χ3n) is 2.84. The molecule has 5 nitrogen and oxygen atoms in total. The van der Waals surface area contributed by atoms with Crippen LogP contribution in [0.15, 0.2) is 30.5 Å². The predicted molar refractivity (Wildman–Crippen MR) is 66.3 cm³/mol. The van der Waals surface area contributed by atoms with Gasteiger partial charge in [0.15, 0.2) is 5.69 Å². The number of methoxy groups -OCH3 is 1. The molecule has 2 aromatic rings. The summed E-state index contributed by atoms with van der Waals surface area (Å²) in [6.07, 6.45) is -4.24. The number of aromatic nitrogens is 2. The molecule has 2 rings (SSSR count). The topological polar surface area (TPSA) is 64.4 Å². The number of carboxylic acids is 1. The smallest absolute Gasteiger partial charge is 0.420 e. The lowest BCUT2D eigenvalue weighted by molar-refractivity contribution is -0.138. The number of halogens is 3. The average Bonchev–Trinajstić information content (AvgIpc) is 2.83. The quantitative estimate of drug-likeness (QED) is 0.943. The first kappa shape index (κ1) is 14.9. The second kappa shape index (κ2) is 5.47. The molecule has 0 aliphatic heterocycles. The van der Waals surface area contributed by atoms with Gasteiger partial charge < -0.3 is 9.84 Å². The van der Waals surface area contributed by atoms with E-state index in [1.54, 1.807) is 24.3 Å². The van der Waals surface area contributed by atoms with Crippen molar-refractivity contribution in [2.75, 3.05) is 7.11 Å². The van der Waals surface area contributed by atoms with Crippen molar-refractivity contribution in [2.24, 2.45) is 0 Å². The van der Waals surface area contributed by atoms with E-state index in [-0.39, 0.29) is 6.54 Å². The van der Waals surface area contributed by atoms with Crippen molar-refractivity contribution >= 4 is 5.97 Å². The van der Waals surface area contributed by atoms with Crippen LogP contribution in [0.1, 0.15) is 21.6 Å². The van der Waals surface area contributed by atoms with Crippen LogP contribution in [0.25, 0.3) is 0 Å². The molecule has 1 heterocycles. The van der Waals surface area contributed by atoms with Crippen molar-refractivity contribution in [1.82, 2.24) is 9.78 Å². The lowest BCUT2D eigenvalue weighted by Crippen LogP contribution is -2.16. The maximum atomic E-state index is 12.7. The maximum Gasteiger partial charge on any atom is 0.420 e. The van der Waals surface area contributed by atoms with Crippen LogP contribution in [-0.2, 0) is 12.7 Å². The zero-order valence-electron chi connectivity index (χ0n) is 10.9. The van der Waals surface area contributed by atoms with Gasteiger partial charge in [-0.2, -0.15) is 18.3 Å². The summed E-state index contributed by atoms with van der Waals surface area (Å²) in [5.74, 6) is -1.08. The molecule has 0 unspecified atom stereocenters. The van der Waals surface area contributed by atoms with Gasteiger partial charge in [-0.1, -0.05) is 12.1 Å². The minimum absolute atomic E-state index is 0.0816. The van der Waals surface area contributed by atoms with Gasteiger partial charge >= 0.3 is 12.1 Å². The summed E-state index contributed by atoms with van der Waals surface area (Å²) in [6, 6.07) is 6.51. The van der Waals surface area contributed by atoms with Crippen molar-refractivity contribution in [3.8, 4) is 5.75 Å². The fraction of sp³-hybridized carbons (Fsp3) is 0.231. The van der Waals surface area contributed by atoms with Crippen molar-refractivity contribution < 1.29 is 27.8 Å². The lowest BCUT2D eigenvalue weighted by Gasteiger charge is -2.08. The fourth-order valence-electron chi connectivity index (χ4n) is 1.84. The van der Waals surface area contributed by atoms with Crippen molar-refractivity contribution in [2.45, 2.75) is 12.7 Å². The van der Waals surface area contributed by atoms with Crippen LogP contribution >= 0.6 is 0 Å². The highest BCUT2D eigenvalue weighted by atomic mass is 19.4. The molecule has 21 heavy (non-hydrogen) atoms. The Hall–Kier alpha value is -2.51. The number of alkyl halides is 3. The monoisotopic (exact) mass is 300 g/mol. The number of nitrogens with zero attached hydrogens (tertiary/aromatic N) is 2. The van der Waals surface area contributed by atoms with E-state index < -0.39 is 23.4 Å². The Morgan fingerprint density at radius 3 is 2.43 bits per heavy atom. The van der Waals surface area contributed by atoms with Gasteiger partial charge in [0.2, 0.25) is 0 Å². The molecule has 8 heteroatoms. The molecule has 1 aromatic carbocycles. The van der Waals surface area contributed by atoms with Crippen molar-refractivity contribution in [3.63, 3.8) is 0 Å². The number of ether oxygens (including phenoxy) is 1. The number of aromatic carboxylic acids is 1. The average molecular weight is 300 g/mol. The Labute approximate surface area is 117 Å². The second-order valence-electron chi connectivity index (χ2n) is 4.22. The van der Waals surface area contributed by atoms with E-state index in [2.05, 4.69) is 5.10 Å². The number of rotatable bonds is 4. The van der Waals surface area contributed by atoms with E-state index in [4.69, 9.17) is 9.84 Å². The third kappa shape index (κ3) is 3.15. The molecular formula is C13H11F3N2O3. The normalized spacial score (nSPS) is 11.4. The highest BCUT2D eigenvalue weighted by molar-refractivity contribution is 5.87. The van der Waals surface area contributed by atoms with Gasteiger partial charge in [0, 0.05) is 0 Å². The molecule has 0 bridgehead atoms. The summed E-state index contributed by atoms with van der Waals surface area (Å²) in [5, 5.41) is 12.5. The number of carboxylic acid groups (broad SMARTS) is 1. The van der Waals surface area contributed by atoms with E-state index in [0.717, 1.165) is 4.68 Å². The molecule has 112 valence electrons. The van der Waals surface area contributed by atoms with Crippen molar-refractivity contribution in [3.05, 3.63) is 47.3 Å². The Morgan fingerprint density at radius 2 is 1.95 bits per heavy atom. The zero-order chi connectivity index (χ0) is 15.6. The summed E-state index contributed by atoms with van der Waals surface area (Å²) < 4.78 is 44.0. The summed E-state index contributed by atoms with van der Waals surface area (Å²) in [6.45, 7) is -0.0816. The molecule has 0 spiro atoms. The van der Waals surface area contributed by atoms with Gasteiger partial charge in [0.05, 0.1) is 19.9 Å². The maximum absolute atomic E-state index is 12.7. The summed E-state index contributed by atoms with van der Waals surface area (Å²) in [7, 11) is 1.49. The summed E-state index contributed by atoms with van der Waals surface area (Å²) >= 11 is 0. The first-order valence-corrected chi connectivity index (χ1v) is 5.82. The molecular weight excluding hydrogens is 289 g/mol. The Morgan fingerprint density at radius 1 is 1.33 bits per heavy atom. The second-order valence-corrected chi connectivity index (χ2v) is 4.22. The minimum Gasteiger partial charge on any atom is -0.497 e. The minimum atomic E-state index is -4.76. The molecule has 1 aromatic heterocycles. The predicted octanol–water partition coefficient (Wildman–Crippen LogP) is 2.66. The van der Waals surface area contributed by atoms with E-state index in [1.807, 2.05) is 0 Å². The van der Waals surface area contributed by atoms with Crippen LogP contribution in [0.2, 0.25) is 0 Å². The lowest BCUT2D eigenvalue weighted by atomic mass is 10.2. The third-order valence-corrected chi connectivity index (χ3v) is 2.84. The van der Waals surface area contributed by atoms with Gasteiger partial charge in [0.25, 0.3) is 0 Å². The zero-order valence-corrected chi connectivity index (χ0v) is 10.9. The van der Waals surface area contributed by atoms with Gasteiger partial charge in [-0.3, -0.25) is 4.68 Å². The molecule has 0 saturated heterocycles. The molecule has 0 fully saturated rings. The van der Waals surface area contributed by atoms with Crippen LogP contribution in [0, 0.1) is 0 Å². The number of hydrogen-bond acceptors (Lipinski definition) is 3. The highest BCUT2D eigenvalue weighted by Gasteiger charge is 2.38. The molecule has 0 aliphatic carbocycles. The molecule has 0 amide bonds. The first-order valence-electron chi connectivity index (χ1n) is 5.82. The summed E-state index contributed by atoms with van der Waals surface area (Å²) in [5.41, 5.74) is -1.53. The van der Waals surface area contributed by atoms with E-state index in [0.29, 0.717) is 17.5 Å². The van der Waals surface area contributed by atoms with E-state index in [9.17, 15) is 18.0 Å². The molecule has 0 radical (unpaired) electrons. The van der Waals surface area contributed by atoms with Crippen LogP contribution in [0.4, 0.5) is 13.2 Å². The SMILES string of the molecule is COc1ccc(Cn2ncc(C(F)(F)F)c2C(=O)O)cc1. The number of hydrogen-bond donors (Lipinski definition) is 1. The van der Waals surface area contributed by atoms with Crippen LogP contribution in [-0.4, -0.2) is 28.0 Å². The van der Waals surface area contributed by atoms with Crippen molar-refractivity contribution in [1.29, 1.82) is 0 Å². The molecule has 0 saturated carbocycles. The van der Waals surface area contributed by atoms with E-state index in [1.165, 1.54) is 7.11 Å². The highest BCUT2D eigenvalue weighted by Crippen LogP contribution is 2.32. The summed E-state index contributed by atoms with van der Waals surface area (Å²) in [4.78, 5) is 11.1. The van der Waals surface area contributed by atoms with Crippen LogP contribution in [0.5, 0.6) is 5.75 Å². The molecule has 0 atom stereocenters. The van der Waals surface area contributed by atoms with Crippen LogP contribution < -0.4 is 4.74 Å². The Balaban J connectivity index is 2.35. The fourth-order valence-corrected chi connectivity index (χ4v) is 1.84. The van der Waals surface area contributed by atoms with E-state index >= 15 is 0 Å². The standard InChI is InChI=1S/C13H11F3N2O3/c1-21-9-4-2-8(3-5-9)7-18-11(12(19)20)10(6-17-18)13(14,15)16/h2-6H,7H2,1H3,(H,19,20). The number of carbonyl (C=O) groups is 1. The Kier molecular flexibility index (Phi) is 3.88. The molecule has 0 aliphatic rings. The molecule has 1 N–H and O–H groups in total. The van der Waals surface area contributed by atoms with Crippen LogP contribution in [0.3, 0.4) is 0 Å². The Bertz CT molecular complexity index is 648. The first-order chi connectivity index (χ1) is 9.82. The van der Waals surface area contributed by atoms with Gasteiger partial charge in [0.1, 0.15) is 11.3 Å². The number of benzene rings is 1. The van der Waals surface area contributed by atoms with Gasteiger partial charge in [-0.05, 0) is 17.7 Å². The largest absolute Gasteiger partial charge is 0.497 e. The van der Waals surface area contributed by atoms with Gasteiger partial charge in [-0.15, -0.1) is 0 Å². The van der Waals surface area contributed by atoms with Gasteiger partial charge in [-0.25, -0.2) is 4.79 Å².